The number of rotatable bonds is 7. The molecule has 2 aliphatic heterocycles. The minimum absolute atomic E-state index is 0.158. The van der Waals surface area contributed by atoms with Crippen LogP contribution in [0.15, 0.2) is 0 Å². The summed E-state index contributed by atoms with van der Waals surface area (Å²) in [7, 11) is 0. The number of hydrogen-bond donors (Lipinski definition) is 0. The Labute approximate surface area is 150 Å². The fourth-order valence-corrected chi connectivity index (χ4v) is 4.48. The van der Waals surface area contributed by atoms with E-state index in [4.69, 9.17) is 9.47 Å². The zero-order chi connectivity index (χ0) is 18.6. The molecule has 25 heavy (non-hydrogen) atoms. The van der Waals surface area contributed by atoms with E-state index in [0.717, 1.165) is 32.1 Å². The van der Waals surface area contributed by atoms with Gasteiger partial charge < -0.3 is 9.47 Å². The maximum Gasteiger partial charge on any atom is 0.318 e. The van der Waals surface area contributed by atoms with Crippen molar-refractivity contribution in [2.75, 3.05) is 13.2 Å². The van der Waals surface area contributed by atoms with Gasteiger partial charge in [0, 0.05) is 18.1 Å². The van der Waals surface area contributed by atoms with Crippen LogP contribution in [0.4, 0.5) is 0 Å². The second-order valence-electron chi connectivity index (χ2n) is 6.99. The summed E-state index contributed by atoms with van der Waals surface area (Å²) in [5.74, 6) is -3.14. The SMILES string of the molecule is CCCCC1CCC2C(C(=O)OCC)C(=O)C(C(=O)OCC)C(C)N12. The Morgan fingerprint density at radius 1 is 1.04 bits per heavy atom. The molecule has 0 aromatic heterocycles. The Balaban J connectivity index is 2.33. The standard InChI is InChI=1S/C19H31NO5/c1-5-8-9-13-10-11-14-16(19(23)25-7-3)17(21)15(12(4)20(13)14)18(22)24-6-2/h12-16H,5-11H2,1-4H3. The number of nitrogens with zero attached hydrogens (tertiary/aromatic N) is 1. The fourth-order valence-electron chi connectivity index (χ4n) is 4.48. The van der Waals surface area contributed by atoms with E-state index in [1.807, 2.05) is 6.92 Å². The minimum Gasteiger partial charge on any atom is -0.465 e. The first-order valence-corrected chi connectivity index (χ1v) is 9.62. The minimum atomic E-state index is -0.909. The summed E-state index contributed by atoms with van der Waals surface area (Å²) in [6.07, 6.45) is 4.97. The fraction of sp³-hybridized carbons (Fsp3) is 0.842. The van der Waals surface area contributed by atoms with Crippen molar-refractivity contribution in [1.82, 2.24) is 4.90 Å². The van der Waals surface area contributed by atoms with E-state index in [-0.39, 0.29) is 31.1 Å². The number of carbonyl (C=O) groups is 3. The molecule has 0 saturated carbocycles. The van der Waals surface area contributed by atoms with Crippen molar-refractivity contribution >= 4 is 17.7 Å². The summed E-state index contributed by atoms with van der Waals surface area (Å²) in [4.78, 5) is 40.2. The van der Waals surface area contributed by atoms with E-state index in [9.17, 15) is 14.4 Å². The summed E-state index contributed by atoms with van der Waals surface area (Å²) in [5.41, 5.74) is 0. The Hall–Kier alpha value is -1.43. The van der Waals surface area contributed by atoms with Gasteiger partial charge in [0.1, 0.15) is 11.8 Å². The third-order valence-corrected chi connectivity index (χ3v) is 5.52. The summed E-state index contributed by atoms with van der Waals surface area (Å²) in [5, 5.41) is 0. The summed E-state index contributed by atoms with van der Waals surface area (Å²) in [6.45, 7) is 7.97. The van der Waals surface area contributed by atoms with Crippen LogP contribution in [0.5, 0.6) is 0 Å². The number of hydrogen-bond acceptors (Lipinski definition) is 6. The third-order valence-electron chi connectivity index (χ3n) is 5.52. The lowest BCUT2D eigenvalue weighted by Gasteiger charge is -2.45. The van der Waals surface area contributed by atoms with Crippen molar-refractivity contribution in [2.45, 2.75) is 77.9 Å². The predicted molar refractivity (Wildman–Crippen MR) is 92.9 cm³/mol. The molecule has 2 fully saturated rings. The van der Waals surface area contributed by atoms with Crippen LogP contribution in [0.2, 0.25) is 0 Å². The smallest absolute Gasteiger partial charge is 0.318 e. The normalized spacial score (nSPS) is 32.3. The van der Waals surface area contributed by atoms with E-state index in [0.29, 0.717) is 6.04 Å². The molecule has 0 aromatic rings. The van der Waals surface area contributed by atoms with Crippen molar-refractivity contribution in [3.8, 4) is 0 Å². The number of carbonyl (C=O) groups excluding carboxylic acids is 3. The highest BCUT2D eigenvalue weighted by molar-refractivity contribution is 6.10. The van der Waals surface area contributed by atoms with Crippen molar-refractivity contribution in [3.05, 3.63) is 0 Å². The van der Waals surface area contributed by atoms with Gasteiger partial charge in [-0.15, -0.1) is 0 Å². The third kappa shape index (κ3) is 3.89. The van der Waals surface area contributed by atoms with Crippen LogP contribution in [0.1, 0.15) is 59.8 Å². The highest BCUT2D eigenvalue weighted by Crippen LogP contribution is 2.41. The Morgan fingerprint density at radius 2 is 1.64 bits per heavy atom. The molecular formula is C19H31NO5. The van der Waals surface area contributed by atoms with Gasteiger partial charge in [0.2, 0.25) is 0 Å². The van der Waals surface area contributed by atoms with Crippen molar-refractivity contribution < 1.29 is 23.9 Å². The summed E-state index contributed by atoms with van der Waals surface area (Å²) >= 11 is 0. The van der Waals surface area contributed by atoms with Gasteiger partial charge in [0.05, 0.1) is 13.2 Å². The summed E-state index contributed by atoms with van der Waals surface area (Å²) in [6, 6.07) is -0.0948. The first-order valence-electron chi connectivity index (χ1n) is 9.62. The van der Waals surface area contributed by atoms with Gasteiger partial charge in [0.25, 0.3) is 0 Å². The van der Waals surface area contributed by atoms with E-state index in [1.165, 1.54) is 0 Å². The average Bonchev–Trinajstić information content (AvgIpc) is 2.97. The van der Waals surface area contributed by atoms with Crippen molar-refractivity contribution in [1.29, 1.82) is 0 Å². The number of piperidine rings is 1. The van der Waals surface area contributed by atoms with Crippen LogP contribution < -0.4 is 0 Å². The van der Waals surface area contributed by atoms with Crippen LogP contribution in [0.3, 0.4) is 0 Å². The number of esters is 2. The van der Waals surface area contributed by atoms with Crippen LogP contribution in [0, 0.1) is 11.8 Å². The summed E-state index contributed by atoms with van der Waals surface area (Å²) < 4.78 is 10.3. The first kappa shape index (κ1) is 19.9. The Kier molecular flexibility index (Phi) is 6.99. The maximum absolute atomic E-state index is 13.0. The van der Waals surface area contributed by atoms with Crippen LogP contribution in [-0.4, -0.2) is 54.0 Å². The number of ether oxygens (including phenoxy) is 2. The molecule has 0 aliphatic carbocycles. The molecule has 0 bridgehead atoms. The molecule has 6 nitrogen and oxygen atoms in total. The average molecular weight is 353 g/mol. The van der Waals surface area contributed by atoms with E-state index in [1.54, 1.807) is 13.8 Å². The van der Waals surface area contributed by atoms with Gasteiger partial charge in [-0.05, 0) is 40.0 Å². The van der Waals surface area contributed by atoms with E-state index in [2.05, 4.69) is 11.8 Å². The molecule has 5 atom stereocenters. The van der Waals surface area contributed by atoms with Crippen LogP contribution in [0.25, 0.3) is 0 Å². The molecule has 2 heterocycles. The molecule has 5 unspecified atom stereocenters. The molecule has 0 aromatic carbocycles. The molecule has 6 heteroatoms. The number of fused-ring (bicyclic) bond motifs is 1. The zero-order valence-corrected chi connectivity index (χ0v) is 15.8. The lowest BCUT2D eigenvalue weighted by Crippen LogP contribution is -2.62. The lowest BCUT2D eigenvalue weighted by atomic mass is 9.77. The molecule has 0 N–H and O–H groups in total. The second kappa shape index (κ2) is 8.79. The van der Waals surface area contributed by atoms with Gasteiger partial charge in [0.15, 0.2) is 5.78 Å². The highest BCUT2D eigenvalue weighted by atomic mass is 16.5. The lowest BCUT2D eigenvalue weighted by molar-refractivity contribution is -0.168. The first-order chi connectivity index (χ1) is 12.0. The van der Waals surface area contributed by atoms with E-state index >= 15 is 0 Å². The van der Waals surface area contributed by atoms with Gasteiger partial charge in [-0.25, -0.2) is 0 Å². The second-order valence-corrected chi connectivity index (χ2v) is 6.99. The highest BCUT2D eigenvalue weighted by Gasteiger charge is 2.56. The maximum atomic E-state index is 13.0. The van der Waals surface area contributed by atoms with Crippen molar-refractivity contribution in [2.24, 2.45) is 11.8 Å². The predicted octanol–water partition coefficient (Wildman–Crippen LogP) is 2.34. The largest absolute Gasteiger partial charge is 0.465 e. The number of ketones is 1. The topological polar surface area (TPSA) is 72.9 Å². The molecular weight excluding hydrogens is 322 g/mol. The van der Waals surface area contributed by atoms with Gasteiger partial charge in [-0.2, -0.15) is 0 Å². The number of Topliss-reactive ketones (excluding diaryl/α,β-unsaturated/α-hetero) is 1. The van der Waals surface area contributed by atoms with Crippen LogP contribution >= 0.6 is 0 Å². The molecule has 0 radical (unpaired) electrons. The van der Waals surface area contributed by atoms with E-state index < -0.39 is 23.8 Å². The molecule has 142 valence electrons. The zero-order valence-electron chi connectivity index (χ0n) is 15.8. The Bertz CT molecular complexity index is 506. The van der Waals surface area contributed by atoms with Gasteiger partial charge >= 0.3 is 11.9 Å². The molecule has 2 rings (SSSR count). The van der Waals surface area contributed by atoms with Gasteiger partial charge in [-0.1, -0.05) is 19.8 Å². The molecule has 0 amide bonds. The van der Waals surface area contributed by atoms with Gasteiger partial charge in [-0.3, -0.25) is 19.3 Å². The van der Waals surface area contributed by atoms with Crippen LogP contribution in [-0.2, 0) is 23.9 Å². The Morgan fingerprint density at radius 3 is 2.20 bits per heavy atom. The molecule has 2 saturated heterocycles. The monoisotopic (exact) mass is 353 g/mol. The quantitative estimate of drug-likeness (QED) is 0.517. The molecule has 0 spiro atoms. The number of unbranched alkanes of at least 4 members (excludes halogenated alkanes) is 1. The molecule has 2 aliphatic rings. The van der Waals surface area contributed by atoms with Crippen molar-refractivity contribution in [3.63, 3.8) is 0 Å².